The molecule has 2 unspecified atom stereocenters. The molecule has 0 fully saturated rings. The molecule has 0 aromatic heterocycles. The molecule has 0 saturated carbocycles. The Morgan fingerprint density at radius 3 is 2.25 bits per heavy atom. The molecule has 0 spiro atoms. The third kappa shape index (κ3) is 3.76. The third-order valence-electron chi connectivity index (χ3n) is 2.94. The van der Waals surface area contributed by atoms with Crippen molar-refractivity contribution in [2.45, 2.75) is 26.4 Å². The zero-order valence-corrected chi connectivity index (χ0v) is 10.5. The molecule has 90 valence electrons. The van der Waals surface area contributed by atoms with Crippen LogP contribution in [0.1, 0.15) is 19.4 Å². The highest BCUT2D eigenvalue weighted by Crippen LogP contribution is 2.21. The fraction of sp³-hybridized carbons (Fsp3) is 0.538. The molecule has 0 saturated heterocycles. The quantitative estimate of drug-likeness (QED) is 0.842. The van der Waals surface area contributed by atoms with Gasteiger partial charge in [-0.25, -0.2) is 4.39 Å². The number of halogens is 2. The highest BCUT2D eigenvalue weighted by Gasteiger charge is 2.22. The van der Waals surface area contributed by atoms with E-state index in [1.54, 1.807) is 12.1 Å². The number of rotatable bonds is 5. The van der Waals surface area contributed by atoms with E-state index in [2.05, 4.69) is 0 Å². The molecule has 0 aliphatic heterocycles. The molecule has 0 heterocycles. The summed E-state index contributed by atoms with van der Waals surface area (Å²) in [6.07, 6.45) is -0.469. The minimum Gasteiger partial charge on any atom is -0.330 e. The highest BCUT2D eigenvalue weighted by molar-refractivity contribution is 6.30. The van der Waals surface area contributed by atoms with Crippen LogP contribution in [0.25, 0.3) is 0 Å². The van der Waals surface area contributed by atoms with Crippen LogP contribution in [0, 0.1) is 11.8 Å². The summed E-state index contributed by atoms with van der Waals surface area (Å²) in [4.78, 5) is 0. The number of hydrogen-bond acceptors (Lipinski definition) is 1. The second-order valence-electron chi connectivity index (χ2n) is 4.49. The lowest BCUT2D eigenvalue weighted by Gasteiger charge is -2.23. The summed E-state index contributed by atoms with van der Waals surface area (Å²) >= 11 is 5.77. The monoisotopic (exact) mass is 243 g/mol. The summed E-state index contributed by atoms with van der Waals surface area (Å²) in [7, 11) is 0. The van der Waals surface area contributed by atoms with Crippen LogP contribution < -0.4 is 5.73 Å². The minimum absolute atomic E-state index is 0.0734. The van der Waals surface area contributed by atoms with Gasteiger partial charge in [0.05, 0.1) is 0 Å². The van der Waals surface area contributed by atoms with Crippen molar-refractivity contribution in [2.75, 3.05) is 6.54 Å². The number of benzene rings is 1. The summed E-state index contributed by atoms with van der Waals surface area (Å²) < 4.78 is 14.0. The first kappa shape index (κ1) is 13.5. The molecule has 0 amide bonds. The predicted octanol–water partition coefficient (Wildman–Crippen LogP) is 3.45. The molecule has 16 heavy (non-hydrogen) atoms. The van der Waals surface area contributed by atoms with E-state index < -0.39 is 6.17 Å². The van der Waals surface area contributed by atoms with Gasteiger partial charge in [0.2, 0.25) is 0 Å². The summed E-state index contributed by atoms with van der Waals surface area (Å²) in [5.74, 6) is 0.197. The van der Waals surface area contributed by atoms with Gasteiger partial charge in [0, 0.05) is 17.4 Å². The van der Waals surface area contributed by atoms with Gasteiger partial charge in [0.1, 0.15) is 6.17 Å². The van der Waals surface area contributed by atoms with Crippen molar-refractivity contribution in [3.63, 3.8) is 0 Å². The average molecular weight is 244 g/mol. The van der Waals surface area contributed by atoms with Gasteiger partial charge in [-0.05, 0) is 30.2 Å². The number of hydrogen-bond donors (Lipinski definition) is 1. The van der Waals surface area contributed by atoms with E-state index in [4.69, 9.17) is 17.3 Å². The standard InChI is InChI=1S/C13H19ClFN/c1-9(2)12(8-16)13(15)7-10-3-5-11(14)6-4-10/h3-6,9,12-13H,7-8,16H2,1-2H3. The molecule has 1 rings (SSSR count). The lowest BCUT2D eigenvalue weighted by Crippen LogP contribution is -2.30. The van der Waals surface area contributed by atoms with Gasteiger partial charge in [-0.15, -0.1) is 0 Å². The van der Waals surface area contributed by atoms with Crippen molar-refractivity contribution in [1.29, 1.82) is 0 Å². The Balaban J connectivity index is 2.62. The van der Waals surface area contributed by atoms with Crippen molar-refractivity contribution in [2.24, 2.45) is 17.6 Å². The van der Waals surface area contributed by atoms with Crippen molar-refractivity contribution in [3.8, 4) is 0 Å². The van der Waals surface area contributed by atoms with Crippen molar-refractivity contribution in [3.05, 3.63) is 34.9 Å². The molecule has 0 aliphatic rings. The van der Waals surface area contributed by atoms with Crippen molar-refractivity contribution in [1.82, 2.24) is 0 Å². The van der Waals surface area contributed by atoms with Crippen LogP contribution in [0.15, 0.2) is 24.3 Å². The Morgan fingerprint density at radius 1 is 1.25 bits per heavy atom. The molecule has 3 heteroatoms. The van der Waals surface area contributed by atoms with E-state index in [1.807, 2.05) is 26.0 Å². The van der Waals surface area contributed by atoms with Crippen LogP contribution in [0.2, 0.25) is 5.02 Å². The second kappa shape index (κ2) is 6.21. The lowest BCUT2D eigenvalue weighted by atomic mass is 9.88. The summed E-state index contributed by atoms with van der Waals surface area (Å²) in [6.45, 7) is 4.41. The Hall–Kier alpha value is -0.600. The maximum absolute atomic E-state index is 14.0. The Kier molecular flexibility index (Phi) is 5.23. The van der Waals surface area contributed by atoms with Gasteiger partial charge in [0.25, 0.3) is 0 Å². The highest BCUT2D eigenvalue weighted by atomic mass is 35.5. The number of nitrogens with two attached hydrogens (primary N) is 1. The predicted molar refractivity (Wildman–Crippen MR) is 67.4 cm³/mol. The van der Waals surface area contributed by atoms with Crippen LogP contribution in [-0.2, 0) is 6.42 Å². The van der Waals surface area contributed by atoms with E-state index in [-0.39, 0.29) is 11.8 Å². The zero-order chi connectivity index (χ0) is 12.1. The zero-order valence-electron chi connectivity index (χ0n) is 9.79. The first-order valence-corrected chi connectivity index (χ1v) is 6.01. The second-order valence-corrected chi connectivity index (χ2v) is 4.93. The van der Waals surface area contributed by atoms with Crippen LogP contribution in [-0.4, -0.2) is 12.7 Å². The van der Waals surface area contributed by atoms with Crippen molar-refractivity contribution >= 4 is 11.6 Å². The Morgan fingerprint density at radius 2 is 1.81 bits per heavy atom. The van der Waals surface area contributed by atoms with Crippen LogP contribution >= 0.6 is 11.6 Å². The lowest BCUT2D eigenvalue weighted by molar-refractivity contribution is 0.185. The van der Waals surface area contributed by atoms with Gasteiger partial charge in [-0.2, -0.15) is 0 Å². The summed E-state index contributed by atoms with van der Waals surface area (Å²) in [6, 6.07) is 7.30. The molecule has 0 bridgehead atoms. The molecule has 1 aromatic rings. The van der Waals surface area contributed by atoms with Crippen LogP contribution in [0.5, 0.6) is 0 Å². The SMILES string of the molecule is CC(C)C(CN)C(F)Cc1ccc(Cl)cc1. The maximum Gasteiger partial charge on any atom is 0.108 e. The van der Waals surface area contributed by atoms with Gasteiger partial charge in [-0.1, -0.05) is 37.6 Å². The summed E-state index contributed by atoms with van der Waals surface area (Å²) in [5.41, 5.74) is 6.56. The number of alkyl halides is 1. The first-order valence-electron chi connectivity index (χ1n) is 5.63. The van der Waals surface area contributed by atoms with E-state index in [0.29, 0.717) is 18.0 Å². The molecule has 2 atom stereocenters. The van der Waals surface area contributed by atoms with E-state index in [9.17, 15) is 4.39 Å². The van der Waals surface area contributed by atoms with Crippen LogP contribution in [0.3, 0.4) is 0 Å². The molecular weight excluding hydrogens is 225 g/mol. The Labute approximate surface area is 102 Å². The minimum atomic E-state index is -0.883. The largest absolute Gasteiger partial charge is 0.330 e. The van der Waals surface area contributed by atoms with E-state index >= 15 is 0 Å². The fourth-order valence-electron chi connectivity index (χ4n) is 1.83. The van der Waals surface area contributed by atoms with E-state index in [1.165, 1.54) is 0 Å². The van der Waals surface area contributed by atoms with Crippen molar-refractivity contribution < 1.29 is 4.39 Å². The molecule has 2 N–H and O–H groups in total. The van der Waals surface area contributed by atoms with Gasteiger partial charge < -0.3 is 5.73 Å². The maximum atomic E-state index is 14.0. The smallest absolute Gasteiger partial charge is 0.108 e. The van der Waals surface area contributed by atoms with Gasteiger partial charge >= 0.3 is 0 Å². The van der Waals surface area contributed by atoms with Gasteiger partial charge in [0.15, 0.2) is 0 Å². The molecular formula is C13H19ClFN. The first-order chi connectivity index (χ1) is 7.54. The average Bonchev–Trinajstić information content (AvgIpc) is 2.22. The molecule has 1 nitrogen and oxygen atoms in total. The Bertz CT molecular complexity index is 310. The third-order valence-corrected chi connectivity index (χ3v) is 3.19. The van der Waals surface area contributed by atoms with Gasteiger partial charge in [-0.3, -0.25) is 0 Å². The molecule has 0 radical (unpaired) electrons. The topological polar surface area (TPSA) is 26.0 Å². The fourth-order valence-corrected chi connectivity index (χ4v) is 1.96. The normalized spacial score (nSPS) is 15.1. The van der Waals surface area contributed by atoms with E-state index in [0.717, 1.165) is 5.56 Å². The molecule has 0 aliphatic carbocycles. The molecule has 1 aromatic carbocycles. The van der Waals surface area contributed by atoms with Crippen LogP contribution in [0.4, 0.5) is 4.39 Å². The summed E-state index contributed by atoms with van der Waals surface area (Å²) in [5, 5.41) is 0.679.